The summed E-state index contributed by atoms with van der Waals surface area (Å²) in [5, 5.41) is 11.3. The molecule has 3 unspecified atom stereocenters. The van der Waals surface area contributed by atoms with Crippen LogP contribution in [0.5, 0.6) is 0 Å². The first kappa shape index (κ1) is 13.1. The molecule has 1 saturated carbocycles. The van der Waals surface area contributed by atoms with Gasteiger partial charge in [0, 0.05) is 12.0 Å². The second-order valence-corrected chi connectivity index (χ2v) is 6.65. The van der Waals surface area contributed by atoms with Gasteiger partial charge in [-0.1, -0.05) is 37.6 Å². The maximum atomic E-state index is 11.3. The molecule has 2 aliphatic carbocycles. The zero-order valence-corrected chi connectivity index (χ0v) is 11.9. The van der Waals surface area contributed by atoms with Gasteiger partial charge in [-0.3, -0.25) is 0 Å². The fourth-order valence-corrected chi connectivity index (χ4v) is 4.47. The molecule has 3 atom stereocenters. The van der Waals surface area contributed by atoms with Crippen molar-refractivity contribution in [3.8, 4) is 0 Å². The summed E-state index contributed by atoms with van der Waals surface area (Å²) in [6.45, 7) is 2.80. The molecule has 2 nitrogen and oxygen atoms in total. The van der Waals surface area contributed by atoms with Gasteiger partial charge in [0.25, 0.3) is 0 Å². The average Bonchev–Trinajstić information content (AvgIpc) is 2.79. The van der Waals surface area contributed by atoms with E-state index in [1.54, 1.807) is 0 Å². The van der Waals surface area contributed by atoms with Crippen molar-refractivity contribution in [2.24, 2.45) is 17.1 Å². The minimum absolute atomic E-state index is 0.114. The van der Waals surface area contributed by atoms with Gasteiger partial charge in [0.1, 0.15) is 0 Å². The van der Waals surface area contributed by atoms with Crippen LogP contribution in [0.1, 0.15) is 43.7 Å². The summed E-state index contributed by atoms with van der Waals surface area (Å²) in [5.74, 6) is 0.376. The van der Waals surface area contributed by atoms with Gasteiger partial charge in [-0.15, -0.1) is 0 Å². The van der Waals surface area contributed by atoms with Gasteiger partial charge in [0.15, 0.2) is 0 Å². The minimum Gasteiger partial charge on any atom is -0.389 e. The van der Waals surface area contributed by atoms with Crippen LogP contribution in [0.3, 0.4) is 0 Å². The van der Waals surface area contributed by atoms with E-state index in [4.69, 9.17) is 5.73 Å². The highest BCUT2D eigenvalue weighted by molar-refractivity contribution is 5.32. The molecule has 1 aromatic carbocycles. The summed E-state index contributed by atoms with van der Waals surface area (Å²) in [5.41, 5.74) is 8.33. The zero-order chi connectivity index (χ0) is 13.5. The smallest absolute Gasteiger partial charge is 0.0744 e. The van der Waals surface area contributed by atoms with Crippen LogP contribution < -0.4 is 5.73 Å². The molecule has 2 heteroatoms. The van der Waals surface area contributed by atoms with Crippen LogP contribution in [0.2, 0.25) is 0 Å². The summed E-state index contributed by atoms with van der Waals surface area (Å²) in [4.78, 5) is 0. The summed E-state index contributed by atoms with van der Waals surface area (Å²) in [7, 11) is 0. The van der Waals surface area contributed by atoms with E-state index in [1.807, 2.05) is 0 Å². The Kier molecular flexibility index (Phi) is 3.18. The molecule has 19 heavy (non-hydrogen) atoms. The predicted octanol–water partition coefficient (Wildman–Crippen LogP) is 2.67. The highest BCUT2D eigenvalue weighted by atomic mass is 16.3. The molecule has 3 N–H and O–H groups in total. The van der Waals surface area contributed by atoms with Crippen LogP contribution in [0, 0.1) is 11.3 Å². The second kappa shape index (κ2) is 4.60. The van der Waals surface area contributed by atoms with E-state index in [-0.39, 0.29) is 5.41 Å². The molecule has 3 rings (SSSR count). The van der Waals surface area contributed by atoms with Crippen LogP contribution in [0.25, 0.3) is 0 Å². The highest BCUT2D eigenvalue weighted by Gasteiger charge is 2.55. The van der Waals surface area contributed by atoms with Crippen molar-refractivity contribution in [2.75, 3.05) is 6.54 Å². The molecule has 0 saturated heterocycles. The maximum absolute atomic E-state index is 11.3. The maximum Gasteiger partial charge on any atom is 0.0744 e. The molecule has 0 amide bonds. The monoisotopic (exact) mass is 259 g/mol. The van der Waals surface area contributed by atoms with Crippen LogP contribution in [-0.4, -0.2) is 17.3 Å². The lowest BCUT2D eigenvalue weighted by Crippen LogP contribution is -2.57. The van der Waals surface area contributed by atoms with Crippen molar-refractivity contribution in [1.82, 2.24) is 0 Å². The molecular weight excluding hydrogens is 234 g/mol. The number of aliphatic hydroxyl groups is 1. The van der Waals surface area contributed by atoms with Gasteiger partial charge in [0.2, 0.25) is 0 Å². The summed E-state index contributed by atoms with van der Waals surface area (Å²) in [6, 6.07) is 8.65. The first-order valence-corrected chi connectivity index (χ1v) is 7.60. The Morgan fingerprint density at radius 3 is 2.63 bits per heavy atom. The number of hydrogen-bond acceptors (Lipinski definition) is 2. The summed E-state index contributed by atoms with van der Waals surface area (Å²) in [6.07, 6.45) is 6.23. The number of fused-ring (bicyclic) bond motifs is 1. The Labute approximate surface area is 116 Å². The van der Waals surface area contributed by atoms with Crippen molar-refractivity contribution >= 4 is 0 Å². The normalized spacial score (nSPS) is 38.2. The number of hydrogen-bond donors (Lipinski definition) is 2. The molecule has 2 aliphatic rings. The lowest BCUT2D eigenvalue weighted by atomic mass is 9.59. The zero-order valence-electron chi connectivity index (χ0n) is 11.9. The van der Waals surface area contributed by atoms with Crippen molar-refractivity contribution in [2.45, 2.75) is 51.0 Å². The van der Waals surface area contributed by atoms with E-state index in [9.17, 15) is 5.11 Å². The lowest BCUT2D eigenvalue weighted by molar-refractivity contribution is -0.111. The van der Waals surface area contributed by atoms with Gasteiger partial charge >= 0.3 is 0 Å². The van der Waals surface area contributed by atoms with E-state index in [2.05, 4.69) is 31.2 Å². The molecule has 1 aromatic rings. The van der Waals surface area contributed by atoms with Gasteiger partial charge in [-0.05, 0) is 49.1 Å². The predicted molar refractivity (Wildman–Crippen MR) is 77.9 cm³/mol. The third kappa shape index (κ3) is 1.85. The molecule has 0 radical (unpaired) electrons. The van der Waals surface area contributed by atoms with Gasteiger partial charge in [0.05, 0.1) is 5.60 Å². The first-order valence-electron chi connectivity index (χ1n) is 7.60. The molecular formula is C17H25NO. The van der Waals surface area contributed by atoms with Crippen molar-refractivity contribution in [3.05, 3.63) is 35.4 Å². The van der Waals surface area contributed by atoms with Crippen molar-refractivity contribution in [1.29, 1.82) is 0 Å². The first-order chi connectivity index (χ1) is 9.11. The molecule has 0 heterocycles. The SMILES string of the molecule is CC1CCCC1(O)C1(CN)CCc2ccccc2C1. The van der Waals surface area contributed by atoms with Crippen LogP contribution >= 0.6 is 0 Å². The Balaban J connectivity index is 1.98. The van der Waals surface area contributed by atoms with Crippen LogP contribution in [0.15, 0.2) is 24.3 Å². The largest absolute Gasteiger partial charge is 0.389 e. The third-order valence-electron chi connectivity index (χ3n) is 5.84. The Morgan fingerprint density at radius 1 is 1.26 bits per heavy atom. The van der Waals surface area contributed by atoms with Crippen molar-refractivity contribution in [3.63, 3.8) is 0 Å². The van der Waals surface area contributed by atoms with Crippen molar-refractivity contribution < 1.29 is 5.11 Å². The van der Waals surface area contributed by atoms with E-state index in [1.165, 1.54) is 11.1 Å². The summed E-state index contributed by atoms with van der Waals surface area (Å²) < 4.78 is 0. The Morgan fingerprint density at radius 2 is 2.00 bits per heavy atom. The molecule has 1 fully saturated rings. The van der Waals surface area contributed by atoms with E-state index in [0.29, 0.717) is 12.5 Å². The standard InChI is InChI=1S/C17H25NO/c1-13-5-4-9-17(13,19)16(12-18)10-8-14-6-2-3-7-15(14)11-16/h2-3,6-7,13,19H,4-5,8-12,18H2,1H3. The number of benzene rings is 1. The number of nitrogens with two attached hydrogens (primary N) is 1. The molecule has 0 aromatic heterocycles. The van der Waals surface area contributed by atoms with Crippen LogP contribution in [0.4, 0.5) is 0 Å². The quantitative estimate of drug-likeness (QED) is 0.857. The third-order valence-corrected chi connectivity index (χ3v) is 5.84. The van der Waals surface area contributed by atoms with E-state index in [0.717, 1.165) is 38.5 Å². The lowest BCUT2D eigenvalue weighted by Gasteiger charge is -2.50. The van der Waals surface area contributed by atoms with Gasteiger partial charge in [-0.25, -0.2) is 0 Å². The van der Waals surface area contributed by atoms with Gasteiger partial charge < -0.3 is 10.8 Å². The molecule has 0 aliphatic heterocycles. The van der Waals surface area contributed by atoms with Gasteiger partial charge in [-0.2, -0.15) is 0 Å². The molecule has 104 valence electrons. The Hall–Kier alpha value is -0.860. The van der Waals surface area contributed by atoms with Crippen LogP contribution in [-0.2, 0) is 12.8 Å². The Bertz CT molecular complexity index is 472. The van der Waals surface area contributed by atoms with E-state index >= 15 is 0 Å². The number of rotatable bonds is 2. The minimum atomic E-state index is -0.560. The van der Waals surface area contributed by atoms with E-state index < -0.39 is 5.60 Å². The average molecular weight is 259 g/mol. The molecule has 0 bridgehead atoms. The fourth-order valence-electron chi connectivity index (χ4n) is 4.47. The highest BCUT2D eigenvalue weighted by Crippen LogP contribution is 2.52. The second-order valence-electron chi connectivity index (χ2n) is 6.65. The fraction of sp³-hybridized carbons (Fsp3) is 0.647. The topological polar surface area (TPSA) is 46.2 Å². The number of aryl methyl sites for hydroxylation is 1. The molecule has 0 spiro atoms. The summed E-state index contributed by atoms with van der Waals surface area (Å²) >= 11 is 0.